The van der Waals surface area contributed by atoms with Crippen molar-refractivity contribution in [1.82, 2.24) is 9.80 Å². The van der Waals surface area contributed by atoms with Crippen molar-refractivity contribution in [3.63, 3.8) is 0 Å². The Balaban J connectivity index is 1.55. The van der Waals surface area contributed by atoms with Crippen LogP contribution in [0.25, 0.3) is 0 Å². The Hall–Kier alpha value is -3.93. The fourth-order valence-corrected chi connectivity index (χ4v) is 5.46. The van der Waals surface area contributed by atoms with Crippen LogP contribution in [0.4, 0.5) is 0 Å². The van der Waals surface area contributed by atoms with Gasteiger partial charge in [0, 0.05) is 42.1 Å². The number of carbonyl (C=O) groups is 3. The van der Waals surface area contributed by atoms with Crippen LogP contribution in [0.1, 0.15) is 86.5 Å². The SMILES string of the molecule is COc1c(C(C)(C)C)cc(C(=O)N2CCN(C(=O)CC(c3ccccc3)c3ccccc3)C(=O)C2)cc1C(C)(C)C. The quantitative estimate of drug-likeness (QED) is 0.358. The van der Waals surface area contributed by atoms with E-state index in [0.29, 0.717) is 12.1 Å². The van der Waals surface area contributed by atoms with Crippen molar-refractivity contribution in [2.24, 2.45) is 0 Å². The minimum atomic E-state index is -0.352. The summed E-state index contributed by atoms with van der Waals surface area (Å²) >= 11 is 0. The molecule has 0 saturated carbocycles. The fraction of sp³-hybridized carbons (Fsp3) is 0.400. The highest BCUT2D eigenvalue weighted by atomic mass is 16.5. The van der Waals surface area contributed by atoms with E-state index in [1.54, 1.807) is 12.0 Å². The third kappa shape index (κ3) is 6.70. The first kappa shape index (κ1) is 30.0. The first-order valence-corrected chi connectivity index (χ1v) is 14.3. The summed E-state index contributed by atoms with van der Waals surface area (Å²) in [5.74, 6) is -0.164. The van der Waals surface area contributed by atoms with Gasteiger partial charge in [0.1, 0.15) is 12.3 Å². The van der Waals surface area contributed by atoms with Crippen LogP contribution in [0.5, 0.6) is 5.75 Å². The van der Waals surface area contributed by atoms with E-state index in [4.69, 9.17) is 4.74 Å². The molecule has 0 N–H and O–H groups in total. The largest absolute Gasteiger partial charge is 0.496 e. The maximum Gasteiger partial charge on any atom is 0.254 e. The molecule has 1 heterocycles. The lowest BCUT2D eigenvalue weighted by molar-refractivity contribution is -0.148. The standard InChI is InChI=1S/C35H42N2O4/c1-34(2,3)28-20-26(21-29(32(28)41-7)35(4,5)6)33(40)36-18-19-37(31(39)23-36)30(38)22-27(24-14-10-8-11-15-24)25-16-12-9-13-17-25/h8-17,20-21,27H,18-19,22-23H2,1-7H3. The Morgan fingerprint density at radius 1 is 0.805 bits per heavy atom. The summed E-state index contributed by atoms with van der Waals surface area (Å²) in [4.78, 5) is 43.4. The van der Waals surface area contributed by atoms with Crippen molar-refractivity contribution in [2.75, 3.05) is 26.7 Å². The molecule has 4 rings (SSSR count). The average Bonchev–Trinajstić information content (AvgIpc) is 2.94. The second-order valence-corrected chi connectivity index (χ2v) is 12.8. The maximum atomic E-state index is 13.8. The molecule has 1 saturated heterocycles. The van der Waals surface area contributed by atoms with Crippen LogP contribution in [-0.2, 0) is 20.4 Å². The third-order valence-corrected chi connectivity index (χ3v) is 7.75. The Morgan fingerprint density at radius 2 is 1.29 bits per heavy atom. The predicted octanol–water partition coefficient (Wildman–Crippen LogP) is 6.32. The van der Waals surface area contributed by atoms with Gasteiger partial charge in [0.25, 0.3) is 5.91 Å². The number of methoxy groups -OCH3 is 1. The van der Waals surface area contributed by atoms with Gasteiger partial charge in [-0.25, -0.2) is 0 Å². The number of ether oxygens (including phenoxy) is 1. The van der Waals surface area contributed by atoms with Crippen LogP contribution in [-0.4, -0.2) is 54.3 Å². The van der Waals surface area contributed by atoms with Crippen molar-refractivity contribution in [3.8, 4) is 5.75 Å². The molecule has 0 aliphatic carbocycles. The Kier molecular flexibility index (Phi) is 8.71. The molecule has 0 unspecified atom stereocenters. The average molecular weight is 555 g/mol. The molecule has 6 nitrogen and oxygen atoms in total. The zero-order valence-electron chi connectivity index (χ0n) is 25.4. The zero-order chi connectivity index (χ0) is 29.9. The molecular formula is C35H42N2O4. The van der Waals surface area contributed by atoms with E-state index in [-0.39, 0.29) is 54.0 Å². The molecule has 216 valence electrons. The number of hydrogen-bond acceptors (Lipinski definition) is 4. The number of nitrogens with zero attached hydrogens (tertiary/aromatic N) is 2. The lowest BCUT2D eigenvalue weighted by Crippen LogP contribution is -2.54. The number of rotatable bonds is 6. The second-order valence-electron chi connectivity index (χ2n) is 12.8. The van der Waals surface area contributed by atoms with E-state index < -0.39 is 0 Å². The Labute approximate surface area is 244 Å². The van der Waals surface area contributed by atoms with Crippen molar-refractivity contribution >= 4 is 17.7 Å². The lowest BCUT2D eigenvalue weighted by atomic mass is 9.78. The molecule has 1 aliphatic heterocycles. The van der Waals surface area contributed by atoms with E-state index in [0.717, 1.165) is 28.0 Å². The topological polar surface area (TPSA) is 66.9 Å². The van der Waals surface area contributed by atoms with Gasteiger partial charge < -0.3 is 9.64 Å². The third-order valence-electron chi connectivity index (χ3n) is 7.75. The molecule has 3 amide bonds. The number of piperazine rings is 1. The molecule has 6 heteroatoms. The summed E-state index contributed by atoms with van der Waals surface area (Å²) < 4.78 is 5.84. The van der Waals surface area contributed by atoms with Crippen LogP contribution in [0.2, 0.25) is 0 Å². The van der Waals surface area contributed by atoms with E-state index in [1.165, 1.54) is 4.90 Å². The summed E-state index contributed by atoms with van der Waals surface area (Å²) in [5, 5.41) is 0. The van der Waals surface area contributed by atoms with E-state index >= 15 is 0 Å². The van der Waals surface area contributed by atoms with Crippen LogP contribution in [0.3, 0.4) is 0 Å². The highest BCUT2D eigenvalue weighted by Gasteiger charge is 2.35. The number of hydrogen-bond donors (Lipinski definition) is 0. The van der Waals surface area contributed by atoms with Gasteiger partial charge in [-0.05, 0) is 34.1 Å². The number of imide groups is 1. The van der Waals surface area contributed by atoms with Crippen LogP contribution >= 0.6 is 0 Å². The normalized spacial score (nSPS) is 14.4. The fourth-order valence-electron chi connectivity index (χ4n) is 5.46. The molecule has 3 aromatic carbocycles. The first-order valence-electron chi connectivity index (χ1n) is 14.3. The summed E-state index contributed by atoms with van der Waals surface area (Å²) in [6.07, 6.45) is 0.177. The van der Waals surface area contributed by atoms with E-state index in [1.807, 2.05) is 72.8 Å². The van der Waals surface area contributed by atoms with Gasteiger partial charge in [-0.1, -0.05) is 102 Å². The summed E-state index contributed by atoms with van der Waals surface area (Å²) in [6.45, 7) is 12.9. The monoisotopic (exact) mass is 554 g/mol. The van der Waals surface area contributed by atoms with Crippen molar-refractivity contribution in [2.45, 2.75) is 64.7 Å². The van der Waals surface area contributed by atoms with Crippen molar-refractivity contribution < 1.29 is 19.1 Å². The first-order chi connectivity index (χ1) is 19.3. The molecule has 0 spiro atoms. The van der Waals surface area contributed by atoms with Gasteiger partial charge in [-0.15, -0.1) is 0 Å². The molecule has 0 radical (unpaired) electrons. The molecule has 0 aromatic heterocycles. The summed E-state index contributed by atoms with van der Waals surface area (Å²) in [7, 11) is 1.66. The molecular weight excluding hydrogens is 512 g/mol. The number of benzene rings is 3. The number of carbonyl (C=O) groups excluding carboxylic acids is 3. The van der Waals surface area contributed by atoms with Gasteiger partial charge in [0.05, 0.1) is 7.11 Å². The van der Waals surface area contributed by atoms with Gasteiger partial charge in [0.2, 0.25) is 11.8 Å². The minimum Gasteiger partial charge on any atom is -0.496 e. The molecule has 1 aliphatic rings. The predicted molar refractivity (Wildman–Crippen MR) is 162 cm³/mol. The van der Waals surface area contributed by atoms with E-state index in [9.17, 15) is 14.4 Å². The Morgan fingerprint density at radius 3 is 1.71 bits per heavy atom. The molecule has 1 fully saturated rings. The molecule has 3 aromatic rings. The van der Waals surface area contributed by atoms with Gasteiger partial charge in [0.15, 0.2) is 0 Å². The van der Waals surface area contributed by atoms with Gasteiger partial charge in [-0.2, -0.15) is 0 Å². The molecule has 41 heavy (non-hydrogen) atoms. The number of amides is 3. The minimum absolute atomic E-state index is 0.131. The van der Waals surface area contributed by atoms with Crippen LogP contribution < -0.4 is 4.74 Å². The van der Waals surface area contributed by atoms with Gasteiger partial charge in [-0.3, -0.25) is 19.3 Å². The highest BCUT2D eigenvalue weighted by molar-refractivity contribution is 6.02. The second kappa shape index (κ2) is 11.9. The zero-order valence-corrected chi connectivity index (χ0v) is 25.4. The van der Waals surface area contributed by atoms with Crippen LogP contribution in [0.15, 0.2) is 72.8 Å². The smallest absolute Gasteiger partial charge is 0.254 e. The van der Waals surface area contributed by atoms with Crippen molar-refractivity contribution in [1.29, 1.82) is 0 Å². The van der Waals surface area contributed by atoms with Gasteiger partial charge >= 0.3 is 0 Å². The van der Waals surface area contributed by atoms with Crippen molar-refractivity contribution in [3.05, 3.63) is 101 Å². The lowest BCUT2D eigenvalue weighted by Gasteiger charge is -2.35. The summed E-state index contributed by atoms with van der Waals surface area (Å²) in [5.41, 5.74) is 3.97. The molecule has 0 bridgehead atoms. The highest BCUT2D eigenvalue weighted by Crippen LogP contribution is 2.41. The molecule has 0 atom stereocenters. The van der Waals surface area contributed by atoms with Crippen LogP contribution in [0, 0.1) is 0 Å². The maximum absolute atomic E-state index is 13.8. The Bertz CT molecular complexity index is 1330. The summed E-state index contributed by atoms with van der Waals surface area (Å²) in [6, 6.07) is 23.6. The van der Waals surface area contributed by atoms with E-state index in [2.05, 4.69) is 41.5 Å².